The van der Waals surface area contributed by atoms with Crippen molar-refractivity contribution in [2.75, 3.05) is 19.0 Å². The zero-order valence-electron chi connectivity index (χ0n) is 16.2. The van der Waals surface area contributed by atoms with E-state index in [9.17, 15) is 18.0 Å². The SMILES string of the molecule is COc1ccccc1Oc1ccc(Cl)cc1NC(=O)COc1cccc(C(F)(F)F)c1. The first-order chi connectivity index (χ1) is 14.8. The minimum absolute atomic E-state index is 0.0819. The number of para-hydroxylation sites is 2. The van der Waals surface area contributed by atoms with E-state index in [1.165, 1.54) is 25.3 Å². The van der Waals surface area contributed by atoms with E-state index in [1.807, 2.05) is 0 Å². The van der Waals surface area contributed by atoms with Gasteiger partial charge in [0.2, 0.25) is 0 Å². The Morgan fingerprint density at radius 2 is 1.71 bits per heavy atom. The zero-order chi connectivity index (χ0) is 22.4. The molecule has 0 bridgehead atoms. The summed E-state index contributed by atoms with van der Waals surface area (Å²) in [6, 6.07) is 15.8. The molecule has 0 fully saturated rings. The summed E-state index contributed by atoms with van der Waals surface area (Å²) in [4.78, 5) is 12.3. The number of amides is 1. The quantitative estimate of drug-likeness (QED) is 0.466. The molecule has 0 saturated carbocycles. The van der Waals surface area contributed by atoms with Gasteiger partial charge in [-0.25, -0.2) is 0 Å². The van der Waals surface area contributed by atoms with E-state index in [0.717, 1.165) is 12.1 Å². The maximum Gasteiger partial charge on any atom is 0.416 e. The van der Waals surface area contributed by atoms with Crippen LogP contribution in [0.4, 0.5) is 18.9 Å². The highest BCUT2D eigenvalue weighted by Gasteiger charge is 2.30. The van der Waals surface area contributed by atoms with Gasteiger partial charge in [0.25, 0.3) is 5.91 Å². The van der Waals surface area contributed by atoms with Crippen molar-refractivity contribution in [2.24, 2.45) is 0 Å². The lowest BCUT2D eigenvalue weighted by Crippen LogP contribution is -2.20. The first-order valence-corrected chi connectivity index (χ1v) is 9.34. The molecule has 0 spiro atoms. The number of carbonyl (C=O) groups excluding carboxylic acids is 1. The number of carbonyl (C=O) groups is 1. The second-order valence-corrected chi connectivity index (χ2v) is 6.69. The summed E-state index contributed by atoms with van der Waals surface area (Å²) in [5, 5.41) is 2.94. The van der Waals surface area contributed by atoms with Crippen molar-refractivity contribution in [3.8, 4) is 23.0 Å². The summed E-state index contributed by atoms with van der Waals surface area (Å²) in [7, 11) is 1.50. The molecule has 0 aromatic heterocycles. The van der Waals surface area contributed by atoms with Crippen LogP contribution in [0.3, 0.4) is 0 Å². The summed E-state index contributed by atoms with van der Waals surface area (Å²) in [6.07, 6.45) is -4.51. The number of methoxy groups -OCH3 is 1. The number of rotatable bonds is 7. The number of hydrogen-bond donors (Lipinski definition) is 1. The van der Waals surface area contributed by atoms with E-state index in [-0.39, 0.29) is 11.4 Å². The Morgan fingerprint density at radius 1 is 0.968 bits per heavy atom. The van der Waals surface area contributed by atoms with Crippen molar-refractivity contribution in [2.45, 2.75) is 6.18 Å². The van der Waals surface area contributed by atoms with Crippen LogP contribution in [0, 0.1) is 0 Å². The van der Waals surface area contributed by atoms with Crippen LogP contribution in [0.25, 0.3) is 0 Å². The summed E-state index contributed by atoms with van der Waals surface area (Å²) in [5.74, 6) is 0.512. The van der Waals surface area contributed by atoms with Gasteiger partial charge < -0.3 is 19.5 Å². The minimum atomic E-state index is -4.51. The Kier molecular flexibility index (Phi) is 6.91. The molecule has 3 aromatic carbocycles. The molecule has 0 radical (unpaired) electrons. The maximum atomic E-state index is 12.8. The molecule has 0 aliphatic heterocycles. The van der Waals surface area contributed by atoms with Gasteiger partial charge in [-0.05, 0) is 48.5 Å². The third-order valence-corrected chi connectivity index (χ3v) is 4.27. The molecule has 1 amide bonds. The highest BCUT2D eigenvalue weighted by molar-refractivity contribution is 6.31. The normalized spacial score (nSPS) is 11.0. The van der Waals surface area contributed by atoms with Gasteiger partial charge in [-0.2, -0.15) is 13.2 Å². The van der Waals surface area contributed by atoms with E-state index in [0.29, 0.717) is 22.3 Å². The first-order valence-electron chi connectivity index (χ1n) is 8.96. The molecule has 0 heterocycles. The number of anilines is 1. The van der Waals surface area contributed by atoms with Gasteiger partial charge in [-0.1, -0.05) is 29.8 Å². The van der Waals surface area contributed by atoms with E-state index < -0.39 is 24.3 Å². The van der Waals surface area contributed by atoms with Gasteiger partial charge in [0.15, 0.2) is 23.9 Å². The van der Waals surface area contributed by atoms with Crippen LogP contribution in [0.15, 0.2) is 66.7 Å². The summed E-state index contributed by atoms with van der Waals surface area (Å²) in [5.41, 5.74) is -0.608. The molecule has 9 heteroatoms. The molecular formula is C22H17ClF3NO4. The summed E-state index contributed by atoms with van der Waals surface area (Å²) in [6.45, 7) is -0.512. The van der Waals surface area contributed by atoms with E-state index >= 15 is 0 Å². The highest BCUT2D eigenvalue weighted by Crippen LogP contribution is 2.36. The van der Waals surface area contributed by atoms with Gasteiger partial charge >= 0.3 is 6.18 Å². The van der Waals surface area contributed by atoms with Crippen molar-refractivity contribution >= 4 is 23.2 Å². The number of benzene rings is 3. The first kappa shape index (κ1) is 22.3. The van der Waals surface area contributed by atoms with Crippen LogP contribution in [-0.4, -0.2) is 19.6 Å². The molecule has 31 heavy (non-hydrogen) atoms. The topological polar surface area (TPSA) is 56.8 Å². The number of nitrogens with one attached hydrogen (secondary N) is 1. The van der Waals surface area contributed by atoms with E-state index in [1.54, 1.807) is 36.4 Å². The smallest absolute Gasteiger partial charge is 0.416 e. The third kappa shape index (κ3) is 6.05. The molecular weight excluding hydrogens is 435 g/mol. The molecule has 0 unspecified atom stereocenters. The standard InChI is InChI=1S/C22H17ClF3NO4/c1-29-19-7-2-3-8-20(19)31-18-10-9-15(23)12-17(18)27-21(28)13-30-16-6-4-5-14(11-16)22(24,25)26/h2-12H,13H2,1H3,(H,27,28). The molecule has 0 aliphatic carbocycles. The second kappa shape index (κ2) is 9.61. The van der Waals surface area contributed by atoms with E-state index in [4.69, 9.17) is 25.8 Å². The third-order valence-electron chi connectivity index (χ3n) is 4.04. The van der Waals surface area contributed by atoms with Crippen LogP contribution >= 0.6 is 11.6 Å². The average Bonchev–Trinajstić information content (AvgIpc) is 2.74. The van der Waals surface area contributed by atoms with Gasteiger partial charge in [0.05, 0.1) is 18.4 Å². The summed E-state index contributed by atoms with van der Waals surface area (Å²) < 4.78 is 54.7. The van der Waals surface area contributed by atoms with Crippen molar-refractivity contribution < 1.29 is 32.2 Å². The lowest BCUT2D eigenvalue weighted by Gasteiger charge is -2.15. The largest absolute Gasteiger partial charge is 0.493 e. The Balaban J connectivity index is 1.71. The number of halogens is 4. The molecule has 0 saturated heterocycles. The highest BCUT2D eigenvalue weighted by atomic mass is 35.5. The molecule has 0 aliphatic rings. The zero-order valence-corrected chi connectivity index (χ0v) is 17.0. The van der Waals surface area contributed by atoms with Crippen molar-refractivity contribution in [1.29, 1.82) is 0 Å². The predicted molar refractivity (Wildman–Crippen MR) is 110 cm³/mol. The van der Waals surface area contributed by atoms with Crippen molar-refractivity contribution in [1.82, 2.24) is 0 Å². The fourth-order valence-corrected chi connectivity index (χ4v) is 2.78. The van der Waals surface area contributed by atoms with Gasteiger partial charge in [0.1, 0.15) is 5.75 Å². The number of alkyl halides is 3. The van der Waals surface area contributed by atoms with Gasteiger partial charge in [-0.3, -0.25) is 4.79 Å². The monoisotopic (exact) mass is 451 g/mol. The fourth-order valence-electron chi connectivity index (χ4n) is 2.61. The Morgan fingerprint density at radius 3 is 2.42 bits per heavy atom. The van der Waals surface area contributed by atoms with Crippen molar-refractivity contribution in [3.05, 3.63) is 77.3 Å². The van der Waals surface area contributed by atoms with Crippen LogP contribution in [0.5, 0.6) is 23.0 Å². The lowest BCUT2D eigenvalue weighted by molar-refractivity contribution is -0.137. The maximum absolute atomic E-state index is 12.8. The van der Waals surface area contributed by atoms with Gasteiger partial charge in [-0.15, -0.1) is 0 Å². The fraction of sp³-hybridized carbons (Fsp3) is 0.136. The predicted octanol–water partition coefficient (Wildman–Crippen LogP) is 6.18. The van der Waals surface area contributed by atoms with Crippen LogP contribution in [0.2, 0.25) is 5.02 Å². The van der Waals surface area contributed by atoms with Crippen molar-refractivity contribution in [3.63, 3.8) is 0 Å². The van der Waals surface area contributed by atoms with Crippen LogP contribution < -0.4 is 19.5 Å². The molecule has 3 aromatic rings. The Labute approximate surface area is 181 Å². The molecule has 1 N–H and O–H groups in total. The summed E-state index contributed by atoms with van der Waals surface area (Å²) >= 11 is 6.03. The molecule has 3 rings (SSSR count). The van der Waals surface area contributed by atoms with Gasteiger partial charge in [0, 0.05) is 5.02 Å². The lowest BCUT2D eigenvalue weighted by atomic mass is 10.2. The van der Waals surface area contributed by atoms with Crippen LogP contribution in [-0.2, 0) is 11.0 Å². The molecule has 162 valence electrons. The molecule has 0 atom stereocenters. The molecule has 5 nitrogen and oxygen atoms in total. The van der Waals surface area contributed by atoms with E-state index in [2.05, 4.69) is 5.32 Å². The number of hydrogen-bond acceptors (Lipinski definition) is 4. The Bertz CT molecular complexity index is 1070. The Hall–Kier alpha value is -3.39. The minimum Gasteiger partial charge on any atom is -0.493 e. The number of ether oxygens (including phenoxy) is 3. The van der Waals surface area contributed by atoms with Crippen LogP contribution in [0.1, 0.15) is 5.56 Å². The average molecular weight is 452 g/mol. The second-order valence-electron chi connectivity index (χ2n) is 6.26.